The summed E-state index contributed by atoms with van der Waals surface area (Å²) in [4.78, 5) is 11.4. The fraction of sp³-hybridized carbons (Fsp3) is 0.667. The monoisotopic (exact) mass is 554 g/mol. The lowest BCUT2D eigenvalue weighted by Gasteiger charge is -2.40. The van der Waals surface area contributed by atoms with E-state index < -0.39 is 0 Å². The number of aromatic nitrogens is 4. The van der Waals surface area contributed by atoms with Crippen LogP contribution in [-0.4, -0.2) is 63.5 Å². The minimum Gasteiger partial charge on any atom is -0.379 e. The highest BCUT2D eigenvalue weighted by atomic mass is 127. The Morgan fingerprint density at radius 1 is 1.17 bits per heavy atom. The maximum Gasteiger partial charge on any atom is 0.161 e. The van der Waals surface area contributed by atoms with Gasteiger partial charge in [-0.05, 0) is 48.3 Å². The molecule has 0 spiro atoms. The topological polar surface area (TPSA) is 70.2 Å². The van der Waals surface area contributed by atoms with Crippen molar-refractivity contribution in [3.8, 4) is 0 Å². The van der Waals surface area contributed by atoms with Crippen molar-refractivity contribution < 1.29 is 4.74 Å². The Morgan fingerprint density at radius 2 is 1.92 bits per heavy atom. The SMILES string of the molecule is Ic1n[nH]c2ncnc(N(I)C3CCC(N4CCOCC4)CC3)c12. The molecule has 1 aliphatic heterocycles. The fourth-order valence-corrected chi connectivity index (χ4v) is 5.28. The maximum absolute atomic E-state index is 5.48. The number of hydrogen-bond donors (Lipinski definition) is 1. The van der Waals surface area contributed by atoms with Crippen molar-refractivity contribution in [2.75, 3.05) is 29.4 Å². The van der Waals surface area contributed by atoms with Crippen LogP contribution in [0.5, 0.6) is 0 Å². The molecule has 1 saturated heterocycles. The van der Waals surface area contributed by atoms with E-state index in [0.717, 1.165) is 52.9 Å². The number of halogens is 2. The average molecular weight is 554 g/mol. The van der Waals surface area contributed by atoms with E-state index >= 15 is 0 Å². The van der Waals surface area contributed by atoms with Crippen LogP contribution in [0.4, 0.5) is 5.82 Å². The van der Waals surface area contributed by atoms with Gasteiger partial charge in [-0.3, -0.25) is 13.1 Å². The summed E-state index contributed by atoms with van der Waals surface area (Å²) in [6.45, 7) is 3.94. The highest BCUT2D eigenvalue weighted by Crippen LogP contribution is 2.35. The van der Waals surface area contributed by atoms with Gasteiger partial charge in [0.25, 0.3) is 0 Å². The van der Waals surface area contributed by atoms with E-state index in [1.807, 2.05) is 0 Å². The van der Waals surface area contributed by atoms with E-state index in [0.29, 0.717) is 6.04 Å². The normalized spacial score (nSPS) is 25.9. The molecule has 0 amide bonds. The van der Waals surface area contributed by atoms with E-state index in [-0.39, 0.29) is 0 Å². The van der Waals surface area contributed by atoms with E-state index in [1.54, 1.807) is 6.33 Å². The molecule has 0 unspecified atom stereocenters. The summed E-state index contributed by atoms with van der Waals surface area (Å²) in [5.74, 6) is 0.980. The highest BCUT2D eigenvalue weighted by Gasteiger charge is 2.30. The van der Waals surface area contributed by atoms with E-state index in [9.17, 15) is 0 Å². The first-order valence-corrected chi connectivity index (χ1v) is 10.4. The van der Waals surface area contributed by atoms with Gasteiger partial charge in [-0.1, -0.05) is 0 Å². The maximum atomic E-state index is 5.48. The molecular formula is C15H20I2N6O. The van der Waals surface area contributed by atoms with Gasteiger partial charge in [-0.25, -0.2) is 9.97 Å². The number of rotatable bonds is 3. The number of nitrogens with one attached hydrogen (secondary N) is 1. The molecule has 0 radical (unpaired) electrons. The first-order chi connectivity index (χ1) is 11.7. The molecule has 2 aromatic heterocycles. The first kappa shape index (κ1) is 17.2. The third kappa shape index (κ3) is 3.36. The van der Waals surface area contributed by atoms with Crippen molar-refractivity contribution in [2.45, 2.75) is 37.8 Å². The third-order valence-corrected chi connectivity index (χ3v) is 7.07. The Hall–Kier alpha value is -0.270. The molecule has 0 aromatic carbocycles. The minimum atomic E-state index is 0.520. The number of fused-ring (bicyclic) bond motifs is 1. The second-order valence-electron chi connectivity index (χ2n) is 6.36. The van der Waals surface area contributed by atoms with Crippen LogP contribution in [0.15, 0.2) is 6.33 Å². The zero-order valence-electron chi connectivity index (χ0n) is 13.3. The van der Waals surface area contributed by atoms with Crippen LogP contribution in [0.1, 0.15) is 25.7 Å². The summed E-state index contributed by atoms with van der Waals surface area (Å²) in [7, 11) is 0. The van der Waals surface area contributed by atoms with Gasteiger partial charge in [0.15, 0.2) is 11.5 Å². The van der Waals surface area contributed by atoms with E-state index in [2.05, 4.69) is 73.6 Å². The number of nitrogens with zero attached hydrogens (tertiary/aromatic N) is 5. The summed E-state index contributed by atoms with van der Waals surface area (Å²) in [5.41, 5.74) is 0.813. The molecule has 0 bridgehead atoms. The van der Waals surface area contributed by atoms with Crippen molar-refractivity contribution in [1.82, 2.24) is 25.1 Å². The molecule has 1 aliphatic carbocycles. The van der Waals surface area contributed by atoms with Gasteiger partial charge >= 0.3 is 0 Å². The van der Waals surface area contributed by atoms with Crippen LogP contribution >= 0.6 is 45.5 Å². The smallest absolute Gasteiger partial charge is 0.161 e. The predicted octanol–water partition coefficient (Wildman–Crippen LogP) is 2.76. The highest BCUT2D eigenvalue weighted by molar-refractivity contribution is 14.1. The minimum absolute atomic E-state index is 0.520. The lowest BCUT2D eigenvalue weighted by Crippen LogP contribution is -2.46. The van der Waals surface area contributed by atoms with Crippen molar-refractivity contribution >= 4 is 62.3 Å². The number of H-pyrrole nitrogens is 1. The van der Waals surface area contributed by atoms with Crippen LogP contribution in [0, 0.1) is 3.70 Å². The summed E-state index contributed by atoms with van der Waals surface area (Å²) < 4.78 is 8.71. The summed E-state index contributed by atoms with van der Waals surface area (Å²) in [5, 5.41) is 8.28. The second kappa shape index (κ2) is 7.54. The van der Waals surface area contributed by atoms with Crippen LogP contribution in [0.25, 0.3) is 11.0 Å². The summed E-state index contributed by atoms with van der Waals surface area (Å²) in [6.07, 6.45) is 6.52. The number of morpholine rings is 1. The van der Waals surface area contributed by atoms with Crippen molar-refractivity contribution in [2.24, 2.45) is 0 Å². The number of anilines is 1. The van der Waals surface area contributed by atoms with E-state index in [4.69, 9.17) is 4.74 Å². The molecule has 7 nitrogen and oxygen atoms in total. The zero-order valence-corrected chi connectivity index (χ0v) is 17.6. The molecule has 1 saturated carbocycles. The molecular weight excluding hydrogens is 534 g/mol. The largest absolute Gasteiger partial charge is 0.379 e. The van der Waals surface area contributed by atoms with Gasteiger partial charge in [0.05, 0.1) is 41.5 Å². The molecule has 24 heavy (non-hydrogen) atoms. The van der Waals surface area contributed by atoms with Crippen molar-refractivity contribution in [3.63, 3.8) is 0 Å². The van der Waals surface area contributed by atoms with Crippen LogP contribution in [0.3, 0.4) is 0 Å². The molecule has 1 N–H and O–H groups in total. The lowest BCUT2D eigenvalue weighted by molar-refractivity contribution is 0.00770. The van der Waals surface area contributed by atoms with Gasteiger partial charge in [0.1, 0.15) is 10.0 Å². The average Bonchev–Trinajstić information content (AvgIpc) is 3.03. The zero-order chi connectivity index (χ0) is 16.5. The number of aromatic amines is 1. The Bertz CT molecular complexity index is 696. The molecule has 0 atom stereocenters. The lowest BCUT2D eigenvalue weighted by atomic mass is 9.90. The molecule has 2 aromatic rings. The molecule has 9 heteroatoms. The van der Waals surface area contributed by atoms with Gasteiger partial charge < -0.3 is 4.74 Å². The van der Waals surface area contributed by atoms with Crippen molar-refractivity contribution in [3.05, 3.63) is 10.0 Å². The van der Waals surface area contributed by atoms with Gasteiger partial charge in [-0.2, -0.15) is 5.10 Å². The predicted molar refractivity (Wildman–Crippen MR) is 109 cm³/mol. The molecule has 3 heterocycles. The Balaban J connectivity index is 1.46. The van der Waals surface area contributed by atoms with Crippen LogP contribution in [-0.2, 0) is 4.74 Å². The van der Waals surface area contributed by atoms with Crippen LogP contribution < -0.4 is 3.11 Å². The Kier molecular flexibility index (Phi) is 5.39. The number of hydrogen-bond acceptors (Lipinski definition) is 6. The standard InChI is InChI=1S/C15H20I2N6O/c16-13-12-14(21-20-13)18-9-19-15(12)23(17)11-3-1-10(2-4-11)22-5-7-24-8-6-22/h9-11H,1-8H2,(H,18,19,20,21). The molecule has 130 valence electrons. The summed E-state index contributed by atoms with van der Waals surface area (Å²) in [6, 6.07) is 1.24. The Labute approximate surface area is 168 Å². The molecule has 2 fully saturated rings. The second-order valence-corrected chi connectivity index (χ2v) is 8.42. The fourth-order valence-electron chi connectivity index (χ4n) is 3.74. The third-order valence-electron chi connectivity index (χ3n) is 5.04. The molecule has 4 rings (SSSR count). The summed E-state index contributed by atoms with van der Waals surface area (Å²) >= 11 is 4.66. The molecule has 2 aliphatic rings. The number of ether oxygens (including phenoxy) is 1. The van der Waals surface area contributed by atoms with Gasteiger partial charge in [-0.15, -0.1) is 0 Å². The van der Waals surface area contributed by atoms with Crippen molar-refractivity contribution in [1.29, 1.82) is 0 Å². The van der Waals surface area contributed by atoms with Gasteiger partial charge in [0, 0.05) is 25.2 Å². The first-order valence-electron chi connectivity index (χ1n) is 8.35. The van der Waals surface area contributed by atoms with Gasteiger partial charge in [0.2, 0.25) is 0 Å². The van der Waals surface area contributed by atoms with Crippen LogP contribution in [0.2, 0.25) is 0 Å². The van der Waals surface area contributed by atoms with E-state index in [1.165, 1.54) is 25.7 Å². The Morgan fingerprint density at radius 3 is 2.67 bits per heavy atom. The quantitative estimate of drug-likeness (QED) is 0.466.